The maximum Gasteiger partial charge on any atom is 0.0653 e. The number of hydrogen-bond donors (Lipinski definition) is 0. The molecule has 1 saturated carbocycles. The molecule has 56 valence electrons. The average Bonchev–Trinajstić information content (AvgIpc) is 2.03. The zero-order valence-electron chi connectivity index (χ0n) is 6.81. The van der Waals surface area contributed by atoms with Crippen LogP contribution in [0.3, 0.4) is 0 Å². The van der Waals surface area contributed by atoms with E-state index in [9.17, 15) is 0 Å². The molecule has 0 spiro atoms. The van der Waals surface area contributed by atoms with Crippen LogP contribution >= 0.6 is 0 Å². The Kier molecular flexibility index (Phi) is 3.93. The van der Waals surface area contributed by atoms with E-state index in [1.54, 1.807) is 0 Å². The predicted molar refractivity (Wildman–Crippen MR) is 46.4 cm³/mol. The standard InChI is InChI=1S/C9H17B/c10-8-4-7-9-5-2-1-3-6-9/h9H,1-8H2. The average molecular weight is 136 g/mol. The van der Waals surface area contributed by atoms with Gasteiger partial charge in [0.05, 0.1) is 7.85 Å². The largest absolute Gasteiger partial charge is 0.0887 e. The molecule has 0 aromatic carbocycles. The van der Waals surface area contributed by atoms with Gasteiger partial charge in [0.1, 0.15) is 0 Å². The molecule has 1 aliphatic carbocycles. The van der Waals surface area contributed by atoms with Gasteiger partial charge in [-0.05, 0) is 5.92 Å². The molecule has 10 heavy (non-hydrogen) atoms. The third kappa shape index (κ3) is 2.77. The van der Waals surface area contributed by atoms with Gasteiger partial charge in [-0.25, -0.2) is 0 Å². The van der Waals surface area contributed by atoms with Crippen LogP contribution < -0.4 is 0 Å². The smallest absolute Gasteiger partial charge is 0.0653 e. The van der Waals surface area contributed by atoms with Crippen LogP contribution in [0.4, 0.5) is 0 Å². The minimum atomic E-state index is 0.885. The first kappa shape index (κ1) is 8.16. The van der Waals surface area contributed by atoms with Gasteiger partial charge in [-0.2, -0.15) is 0 Å². The van der Waals surface area contributed by atoms with Crippen molar-refractivity contribution in [2.45, 2.75) is 51.3 Å². The van der Waals surface area contributed by atoms with E-state index in [2.05, 4.69) is 0 Å². The zero-order valence-corrected chi connectivity index (χ0v) is 6.81. The van der Waals surface area contributed by atoms with Crippen molar-refractivity contribution in [1.29, 1.82) is 0 Å². The molecule has 1 fully saturated rings. The van der Waals surface area contributed by atoms with Crippen LogP contribution in [0.15, 0.2) is 0 Å². The van der Waals surface area contributed by atoms with E-state index < -0.39 is 0 Å². The van der Waals surface area contributed by atoms with Crippen molar-refractivity contribution >= 4 is 7.85 Å². The fourth-order valence-electron chi connectivity index (χ4n) is 1.88. The van der Waals surface area contributed by atoms with Gasteiger partial charge in [0.15, 0.2) is 0 Å². The molecule has 0 aromatic rings. The van der Waals surface area contributed by atoms with Crippen LogP contribution in [0.25, 0.3) is 0 Å². The maximum absolute atomic E-state index is 5.45. The van der Waals surface area contributed by atoms with Gasteiger partial charge in [0.2, 0.25) is 0 Å². The lowest BCUT2D eigenvalue weighted by molar-refractivity contribution is 0.336. The van der Waals surface area contributed by atoms with E-state index >= 15 is 0 Å². The van der Waals surface area contributed by atoms with Crippen molar-refractivity contribution in [2.24, 2.45) is 5.92 Å². The Morgan fingerprint density at radius 3 is 2.40 bits per heavy atom. The van der Waals surface area contributed by atoms with Gasteiger partial charge >= 0.3 is 0 Å². The molecule has 1 aliphatic rings. The summed E-state index contributed by atoms with van der Waals surface area (Å²) in [4.78, 5) is 0. The molecule has 0 bridgehead atoms. The molecule has 1 rings (SSSR count). The van der Waals surface area contributed by atoms with Crippen LogP contribution in [-0.4, -0.2) is 7.85 Å². The Morgan fingerprint density at radius 1 is 1.10 bits per heavy atom. The normalized spacial score (nSPS) is 21.2. The van der Waals surface area contributed by atoms with Gasteiger partial charge in [0.25, 0.3) is 0 Å². The van der Waals surface area contributed by atoms with Crippen molar-refractivity contribution in [2.75, 3.05) is 0 Å². The van der Waals surface area contributed by atoms with Crippen molar-refractivity contribution in [1.82, 2.24) is 0 Å². The molecule has 0 aliphatic heterocycles. The fourth-order valence-corrected chi connectivity index (χ4v) is 1.88. The van der Waals surface area contributed by atoms with E-state index in [-0.39, 0.29) is 0 Å². The second-order valence-electron chi connectivity index (χ2n) is 3.43. The highest BCUT2D eigenvalue weighted by molar-refractivity contribution is 6.08. The second-order valence-corrected chi connectivity index (χ2v) is 3.43. The predicted octanol–water partition coefficient (Wildman–Crippen LogP) is 2.93. The maximum atomic E-state index is 5.45. The zero-order chi connectivity index (χ0) is 7.23. The molecule has 0 amide bonds. The quantitative estimate of drug-likeness (QED) is 0.523. The summed E-state index contributed by atoms with van der Waals surface area (Å²) in [6, 6.07) is 0. The van der Waals surface area contributed by atoms with E-state index in [1.807, 2.05) is 0 Å². The van der Waals surface area contributed by atoms with Gasteiger partial charge < -0.3 is 0 Å². The van der Waals surface area contributed by atoms with Crippen LogP contribution in [-0.2, 0) is 0 Å². The summed E-state index contributed by atoms with van der Waals surface area (Å²) in [5.41, 5.74) is 0. The van der Waals surface area contributed by atoms with Crippen molar-refractivity contribution in [3.8, 4) is 0 Å². The Labute approximate surface area is 65.8 Å². The molecule has 0 N–H and O–H groups in total. The molecule has 1 heteroatoms. The lowest BCUT2D eigenvalue weighted by Crippen LogP contribution is -2.05. The Bertz CT molecular complexity index is 74.8. The first-order chi connectivity index (χ1) is 4.93. The molecule has 0 atom stereocenters. The van der Waals surface area contributed by atoms with Crippen molar-refractivity contribution < 1.29 is 0 Å². The molecular formula is C9H17B. The van der Waals surface area contributed by atoms with E-state index in [0.717, 1.165) is 12.2 Å². The van der Waals surface area contributed by atoms with Crippen molar-refractivity contribution in [3.63, 3.8) is 0 Å². The van der Waals surface area contributed by atoms with E-state index in [4.69, 9.17) is 7.85 Å². The van der Waals surface area contributed by atoms with E-state index in [1.165, 1.54) is 44.9 Å². The van der Waals surface area contributed by atoms with Crippen LogP contribution in [0.5, 0.6) is 0 Å². The van der Waals surface area contributed by atoms with Crippen LogP contribution in [0.2, 0.25) is 6.32 Å². The highest BCUT2D eigenvalue weighted by atomic mass is 14.2. The Hall–Kier alpha value is 0.0649. The van der Waals surface area contributed by atoms with Gasteiger partial charge in [-0.15, -0.1) is 0 Å². The topological polar surface area (TPSA) is 0 Å². The second kappa shape index (κ2) is 4.82. The first-order valence-electron chi connectivity index (χ1n) is 4.63. The molecule has 2 radical (unpaired) electrons. The number of hydrogen-bond acceptors (Lipinski definition) is 0. The SMILES string of the molecule is [B]CCCC1CCCCC1. The minimum Gasteiger partial charge on any atom is -0.0887 e. The summed E-state index contributed by atoms with van der Waals surface area (Å²) in [6.07, 6.45) is 10.9. The summed E-state index contributed by atoms with van der Waals surface area (Å²) in [5, 5.41) is 0. The summed E-state index contributed by atoms with van der Waals surface area (Å²) in [7, 11) is 5.45. The molecular weight excluding hydrogens is 119 g/mol. The first-order valence-corrected chi connectivity index (χ1v) is 4.63. The summed E-state index contributed by atoms with van der Waals surface area (Å²) >= 11 is 0. The van der Waals surface area contributed by atoms with Gasteiger partial charge in [-0.3, -0.25) is 0 Å². The fraction of sp³-hybridized carbons (Fsp3) is 1.00. The lowest BCUT2D eigenvalue weighted by atomic mass is 9.84. The molecule has 0 heterocycles. The Morgan fingerprint density at radius 2 is 1.80 bits per heavy atom. The van der Waals surface area contributed by atoms with Crippen molar-refractivity contribution in [3.05, 3.63) is 0 Å². The third-order valence-electron chi connectivity index (χ3n) is 2.54. The molecule has 0 aromatic heterocycles. The summed E-state index contributed by atoms with van der Waals surface area (Å²) in [5.74, 6) is 1.03. The minimum absolute atomic E-state index is 0.885. The lowest BCUT2D eigenvalue weighted by Gasteiger charge is -2.20. The summed E-state index contributed by atoms with van der Waals surface area (Å²) < 4.78 is 0. The highest BCUT2D eigenvalue weighted by Crippen LogP contribution is 2.27. The van der Waals surface area contributed by atoms with E-state index in [0.29, 0.717) is 0 Å². The van der Waals surface area contributed by atoms with Gasteiger partial charge in [0, 0.05) is 0 Å². The van der Waals surface area contributed by atoms with Crippen LogP contribution in [0, 0.1) is 5.92 Å². The van der Waals surface area contributed by atoms with Crippen LogP contribution in [0.1, 0.15) is 44.9 Å². The highest BCUT2D eigenvalue weighted by Gasteiger charge is 2.11. The molecule has 0 saturated heterocycles. The van der Waals surface area contributed by atoms with Gasteiger partial charge in [-0.1, -0.05) is 51.3 Å². The molecule has 0 unspecified atom stereocenters. The Balaban J connectivity index is 2.02. The number of rotatable bonds is 3. The monoisotopic (exact) mass is 136 g/mol. The summed E-state index contributed by atoms with van der Waals surface area (Å²) in [6.45, 7) is 0. The third-order valence-corrected chi connectivity index (χ3v) is 2.54. The molecule has 0 nitrogen and oxygen atoms in total.